The van der Waals surface area contributed by atoms with E-state index in [4.69, 9.17) is 9.97 Å². The fourth-order valence-corrected chi connectivity index (χ4v) is 13.3. The summed E-state index contributed by atoms with van der Waals surface area (Å²) < 4.78 is 7.14. The second-order valence-electron chi connectivity index (χ2n) is 22.2. The highest BCUT2D eigenvalue weighted by Crippen LogP contribution is 2.45. The number of benzene rings is 13. The molecule has 0 radical (unpaired) electrons. The number of anilines is 9. The van der Waals surface area contributed by atoms with Gasteiger partial charge in [-0.05, 0) is 158 Å². The highest BCUT2D eigenvalue weighted by atomic mass is 15.3. The Balaban J connectivity index is 0.927. The third-order valence-electron chi connectivity index (χ3n) is 17.1. The molecule has 0 unspecified atom stereocenters. The fraction of sp³-hybridized carbons (Fsp3) is 0. The fourth-order valence-electron chi connectivity index (χ4n) is 13.3. The van der Waals surface area contributed by atoms with Crippen LogP contribution < -0.4 is 14.7 Å². The van der Waals surface area contributed by atoms with Crippen molar-refractivity contribution in [2.45, 2.75) is 0 Å². The Morgan fingerprint density at radius 2 is 0.568 bits per heavy atom. The van der Waals surface area contributed by atoms with E-state index in [1.54, 1.807) is 0 Å². The Labute approximate surface area is 508 Å². The van der Waals surface area contributed by atoms with Gasteiger partial charge in [0.05, 0.1) is 38.6 Å². The largest absolute Gasteiger partial charge is 0.310 e. The first-order valence-electron chi connectivity index (χ1n) is 29.8. The molecule has 0 fully saturated rings. The Kier molecular flexibility index (Phi) is 12.0. The molecule has 8 heteroatoms. The van der Waals surface area contributed by atoms with Gasteiger partial charge in [-0.25, -0.2) is 4.98 Å². The van der Waals surface area contributed by atoms with Gasteiger partial charge in [0, 0.05) is 94.6 Å². The summed E-state index contributed by atoms with van der Waals surface area (Å²) in [6, 6.07) is 117. The zero-order valence-electron chi connectivity index (χ0n) is 47.8. The van der Waals surface area contributed by atoms with Crippen LogP contribution in [0.3, 0.4) is 0 Å². The highest BCUT2D eigenvalue weighted by Gasteiger charge is 2.26. The summed E-state index contributed by atoms with van der Waals surface area (Å²) in [5.74, 6) is 1.29. The Hall–Kier alpha value is -12.0. The number of aromatic nitrogens is 5. The Morgan fingerprint density at radius 3 is 1.07 bits per heavy atom. The summed E-state index contributed by atoms with van der Waals surface area (Å²) in [5.41, 5.74) is 17.6. The first-order valence-corrected chi connectivity index (χ1v) is 29.8. The van der Waals surface area contributed by atoms with E-state index in [2.05, 4.69) is 356 Å². The molecule has 0 aliphatic carbocycles. The standard InChI is InChI=1S/C80H54N8/c1-7-25-55(26-8-1)83(56-27-9-2-10-28-56)61-45-49-77-69(51-61)67-39-21-23-41-74(67)87(77)63-44-48-72-71(53-63)79(88-75-42-24-19-37-65(75)68-47-43-64(54-78(68)88)84(57-29-11-3-12-30-57)58-31-13-4-14-32-58)82-80(81-72)85(59-33-15-5-16-34-59)62-46-50-76-70(52-62)66-38-20-22-40-73(66)86(76)60-35-17-6-18-36-60/h1-54H. The van der Waals surface area contributed by atoms with Crippen molar-refractivity contribution < 1.29 is 0 Å². The van der Waals surface area contributed by atoms with Crippen molar-refractivity contribution in [3.8, 4) is 17.2 Å². The normalized spacial score (nSPS) is 11.6. The van der Waals surface area contributed by atoms with Crippen LogP contribution in [-0.4, -0.2) is 23.7 Å². The zero-order valence-corrected chi connectivity index (χ0v) is 47.8. The molecule has 8 nitrogen and oxygen atoms in total. The minimum atomic E-state index is 0.538. The molecule has 0 saturated heterocycles. The molecule has 13 aromatic carbocycles. The number of para-hydroxylation sites is 9. The summed E-state index contributed by atoms with van der Waals surface area (Å²) in [5, 5.41) is 7.73. The van der Waals surface area contributed by atoms with E-state index >= 15 is 0 Å². The molecular formula is C80H54N8. The number of hydrogen-bond donors (Lipinski definition) is 0. The predicted octanol–water partition coefficient (Wildman–Crippen LogP) is 21.3. The van der Waals surface area contributed by atoms with Crippen LogP contribution in [0.2, 0.25) is 0 Å². The molecule has 0 spiro atoms. The molecule has 0 amide bonds. The summed E-state index contributed by atoms with van der Waals surface area (Å²) in [4.78, 5) is 18.5. The minimum Gasteiger partial charge on any atom is -0.310 e. The monoisotopic (exact) mass is 1130 g/mol. The van der Waals surface area contributed by atoms with Crippen LogP contribution in [0.1, 0.15) is 0 Å². The lowest BCUT2D eigenvalue weighted by Crippen LogP contribution is -2.15. The maximum Gasteiger partial charge on any atom is 0.237 e. The van der Waals surface area contributed by atoms with Gasteiger partial charge >= 0.3 is 0 Å². The van der Waals surface area contributed by atoms with Gasteiger partial charge in [0.2, 0.25) is 5.95 Å². The lowest BCUT2D eigenvalue weighted by atomic mass is 10.1. The topological polar surface area (TPSA) is 50.3 Å². The average Bonchev–Trinajstić information content (AvgIpc) is 1.94. The van der Waals surface area contributed by atoms with E-state index in [1.165, 1.54) is 0 Å². The van der Waals surface area contributed by atoms with Gasteiger partial charge in [0.1, 0.15) is 0 Å². The molecule has 0 saturated carbocycles. The number of rotatable bonds is 12. The first-order chi connectivity index (χ1) is 43.7. The van der Waals surface area contributed by atoms with Crippen molar-refractivity contribution in [2.24, 2.45) is 0 Å². The van der Waals surface area contributed by atoms with E-state index in [1.807, 2.05) is 0 Å². The van der Waals surface area contributed by atoms with Crippen LogP contribution in [0.15, 0.2) is 328 Å². The summed E-state index contributed by atoms with van der Waals surface area (Å²) in [7, 11) is 0. The highest BCUT2D eigenvalue weighted by molar-refractivity contribution is 6.14. The van der Waals surface area contributed by atoms with E-state index in [0.29, 0.717) is 5.95 Å². The predicted molar refractivity (Wildman–Crippen MR) is 367 cm³/mol. The smallest absolute Gasteiger partial charge is 0.237 e. The van der Waals surface area contributed by atoms with Crippen molar-refractivity contribution in [1.82, 2.24) is 23.7 Å². The molecule has 4 aromatic heterocycles. The summed E-state index contributed by atoms with van der Waals surface area (Å²) >= 11 is 0. The lowest BCUT2D eigenvalue weighted by molar-refractivity contribution is 1.03. The van der Waals surface area contributed by atoms with Gasteiger partial charge in [-0.3, -0.25) is 9.47 Å². The van der Waals surface area contributed by atoms with Crippen molar-refractivity contribution in [1.29, 1.82) is 0 Å². The van der Waals surface area contributed by atoms with Crippen LogP contribution in [0.25, 0.3) is 93.5 Å². The number of nitrogens with zero attached hydrogens (tertiary/aromatic N) is 8. The van der Waals surface area contributed by atoms with Gasteiger partial charge in [0.15, 0.2) is 5.82 Å². The molecule has 4 heterocycles. The van der Waals surface area contributed by atoms with Crippen molar-refractivity contribution >= 4 is 128 Å². The molecule has 0 aliphatic heterocycles. The lowest BCUT2D eigenvalue weighted by Gasteiger charge is -2.26. The molecular weight excluding hydrogens is 1070 g/mol. The SMILES string of the molecule is c1ccc(N(c2ccccc2)c2ccc3c(c2)c2ccccc2n3-c2ccc3nc(N(c4ccccc4)c4ccc5c(c4)c4ccccc4n5-c4ccccc4)nc(-n4c5ccccc5c5ccc(N(c6ccccc6)c6ccccc6)cc54)c3c2)cc1. The van der Waals surface area contributed by atoms with Crippen molar-refractivity contribution in [3.05, 3.63) is 328 Å². The maximum atomic E-state index is 5.96. The molecule has 17 aromatic rings. The van der Waals surface area contributed by atoms with E-state index in [9.17, 15) is 0 Å². The quantitative estimate of drug-likeness (QED) is 0.122. The van der Waals surface area contributed by atoms with E-state index in [-0.39, 0.29) is 0 Å². The molecule has 0 aliphatic rings. The van der Waals surface area contributed by atoms with Gasteiger partial charge in [0.25, 0.3) is 0 Å². The first kappa shape index (κ1) is 50.5. The van der Waals surface area contributed by atoms with Gasteiger partial charge < -0.3 is 18.9 Å². The molecule has 17 rings (SSSR count). The molecule has 0 N–H and O–H groups in total. The molecule has 0 atom stereocenters. The minimum absolute atomic E-state index is 0.538. The third-order valence-corrected chi connectivity index (χ3v) is 17.1. The third kappa shape index (κ3) is 8.37. The van der Waals surface area contributed by atoms with Crippen LogP contribution in [-0.2, 0) is 0 Å². The van der Waals surface area contributed by atoms with Gasteiger partial charge in [-0.15, -0.1) is 0 Å². The van der Waals surface area contributed by atoms with Crippen molar-refractivity contribution in [2.75, 3.05) is 14.7 Å². The maximum absolute atomic E-state index is 5.96. The molecule has 414 valence electrons. The Morgan fingerprint density at radius 1 is 0.205 bits per heavy atom. The van der Waals surface area contributed by atoms with Crippen LogP contribution in [0.4, 0.5) is 51.4 Å². The van der Waals surface area contributed by atoms with Crippen LogP contribution in [0, 0.1) is 0 Å². The average molecular weight is 1130 g/mol. The van der Waals surface area contributed by atoms with Crippen LogP contribution in [0.5, 0.6) is 0 Å². The molecule has 88 heavy (non-hydrogen) atoms. The summed E-state index contributed by atoms with van der Waals surface area (Å²) in [6.07, 6.45) is 0. The van der Waals surface area contributed by atoms with Gasteiger partial charge in [-0.1, -0.05) is 170 Å². The summed E-state index contributed by atoms with van der Waals surface area (Å²) in [6.45, 7) is 0. The zero-order chi connectivity index (χ0) is 58.1. The second kappa shape index (κ2) is 21.0. The van der Waals surface area contributed by atoms with Gasteiger partial charge in [-0.2, -0.15) is 4.98 Å². The van der Waals surface area contributed by atoms with E-state index in [0.717, 1.165) is 139 Å². The second-order valence-corrected chi connectivity index (χ2v) is 22.2. The van der Waals surface area contributed by atoms with E-state index < -0.39 is 0 Å². The van der Waals surface area contributed by atoms with Crippen LogP contribution >= 0.6 is 0 Å². The molecule has 0 bridgehead atoms. The number of fused-ring (bicyclic) bond motifs is 10. The Bertz CT molecular complexity index is 5370. The number of hydrogen-bond acceptors (Lipinski definition) is 5. The van der Waals surface area contributed by atoms with Crippen molar-refractivity contribution in [3.63, 3.8) is 0 Å².